The molecule has 9 heteroatoms. The Hall–Kier alpha value is -3.92. The topological polar surface area (TPSA) is 56.5 Å². The third kappa shape index (κ3) is 7.96. The van der Waals surface area contributed by atoms with E-state index in [9.17, 15) is 0 Å². The van der Waals surface area contributed by atoms with Crippen molar-refractivity contribution in [1.29, 1.82) is 0 Å². The average Bonchev–Trinajstić information content (AvgIpc) is 3.45. The molecule has 0 aliphatic carbocycles. The summed E-state index contributed by atoms with van der Waals surface area (Å²) in [5.41, 5.74) is 6.50. The average molecular weight is 881 g/mol. The monoisotopic (exact) mass is 879 g/mol. The van der Waals surface area contributed by atoms with Crippen LogP contribution in [0.1, 0.15) is 26.3 Å². The summed E-state index contributed by atoms with van der Waals surface area (Å²) in [5, 5.41) is 2.12. The van der Waals surface area contributed by atoms with E-state index < -0.39 is 0 Å². The minimum atomic E-state index is -0.0637. The molecule has 0 fully saturated rings. The van der Waals surface area contributed by atoms with Crippen LogP contribution in [-0.2, 0) is 46.3 Å². The predicted octanol–water partition coefficient (Wildman–Crippen LogP) is 10.5. The van der Waals surface area contributed by atoms with E-state index >= 15 is 0 Å². The standard InChI is InChI=1S/C42H29N5S2.2Pd/c1-42(2,3)30-26-45-41(46-27-30)47-39-24-33(48-31-12-8-10-28(22-31)37-14-4-6-20-43-37)16-18-35(39)36-19-17-34(25-40(36)47)49-32-13-9-11-29(23-32)38-15-5-7-21-44-38;;/h4-21,26-27H,1-3H3;;/q-4;2*+2. The molecule has 0 N–H and O–H groups in total. The van der Waals surface area contributed by atoms with Crippen LogP contribution in [0.15, 0.2) is 141 Å². The van der Waals surface area contributed by atoms with Crippen LogP contribution in [-0.4, -0.2) is 24.5 Å². The van der Waals surface area contributed by atoms with Gasteiger partial charge in [0.1, 0.15) is 0 Å². The quantitative estimate of drug-likeness (QED) is 0.117. The molecule has 51 heavy (non-hydrogen) atoms. The van der Waals surface area contributed by atoms with Crippen molar-refractivity contribution in [2.24, 2.45) is 0 Å². The SMILES string of the molecule is CC(C)(C)c1cnc(-n2c3[c-]c(Sc4[c-]c(-c5ccccn5)ccc4)ccc3c3ccc(Sc4[c-]c(-c5ccccn5)ccc4)[c-]c32)nc1.[Pd+2].[Pd+2]. The zero-order chi connectivity index (χ0) is 33.4. The molecule has 0 aliphatic rings. The molecule has 4 aromatic heterocycles. The largest absolute Gasteiger partial charge is 2.00 e. The Labute approximate surface area is 334 Å². The molecule has 0 saturated carbocycles. The fourth-order valence-corrected chi connectivity index (χ4v) is 7.22. The van der Waals surface area contributed by atoms with E-state index in [0.717, 1.165) is 69.5 Å². The van der Waals surface area contributed by atoms with E-state index in [4.69, 9.17) is 9.97 Å². The number of benzene rings is 4. The number of aromatic nitrogens is 5. The molecule has 0 spiro atoms. The molecule has 0 saturated heterocycles. The fraction of sp³-hybridized carbons (Fsp3) is 0.0952. The second-order valence-corrected chi connectivity index (χ2v) is 14.7. The molecular formula is C42H29N5Pd2S2. The molecule has 8 rings (SSSR count). The van der Waals surface area contributed by atoms with E-state index in [1.54, 1.807) is 35.9 Å². The van der Waals surface area contributed by atoms with Gasteiger partial charge in [-0.25, -0.2) is 9.97 Å². The normalized spacial score (nSPS) is 11.3. The molecule has 4 aromatic carbocycles. The molecule has 4 heterocycles. The summed E-state index contributed by atoms with van der Waals surface area (Å²) in [4.78, 5) is 22.7. The Morgan fingerprint density at radius 1 is 0.510 bits per heavy atom. The van der Waals surface area contributed by atoms with E-state index in [1.807, 2.05) is 73.1 Å². The van der Waals surface area contributed by atoms with Gasteiger partial charge in [-0.1, -0.05) is 65.9 Å². The first-order chi connectivity index (χ1) is 23.9. The maximum atomic E-state index is 4.88. The van der Waals surface area contributed by atoms with E-state index in [1.165, 1.54) is 0 Å². The van der Waals surface area contributed by atoms with Crippen molar-refractivity contribution >= 4 is 45.3 Å². The second kappa shape index (κ2) is 15.8. The Bertz CT molecular complexity index is 2290. The predicted molar refractivity (Wildman–Crippen MR) is 198 cm³/mol. The Balaban J connectivity index is 0.00000224. The first-order valence-corrected chi connectivity index (χ1v) is 17.5. The summed E-state index contributed by atoms with van der Waals surface area (Å²) < 4.78 is 2.08. The van der Waals surface area contributed by atoms with E-state index in [-0.39, 0.29) is 46.3 Å². The number of hydrogen-bond acceptors (Lipinski definition) is 6. The summed E-state index contributed by atoms with van der Waals surface area (Å²) >= 11 is 3.24. The summed E-state index contributed by atoms with van der Waals surface area (Å²) in [5.74, 6) is 0.581. The molecule has 5 nitrogen and oxygen atoms in total. The van der Waals surface area contributed by atoms with Gasteiger partial charge in [0, 0.05) is 24.8 Å². The van der Waals surface area contributed by atoms with Gasteiger partial charge in [0.15, 0.2) is 0 Å². The van der Waals surface area contributed by atoms with E-state index in [0.29, 0.717) is 5.95 Å². The first-order valence-electron chi connectivity index (χ1n) is 15.9. The van der Waals surface area contributed by atoms with Crippen molar-refractivity contribution in [3.8, 4) is 28.5 Å². The summed E-state index contributed by atoms with van der Waals surface area (Å²) in [7, 11) is 0. The van der Waals surface area contributed by atoms with Crippen LogP contribution >= 0.6 is 23.5 Å². The maximum absolute atomic E-state index is 4.88. The number of rotatable bonds is 7. The minimum Gasteiger partial charge on any atom is -0.328 e. The van der Waals surface area contributed by atoms with Gasteiger partial charge in [0.05, 0.1) is 0 Å². The molecule has 0 aliphatic heterocycles. The van der Waals surface area contributed by atoms with Crippen molar-refractivity contribution in [3.63, 3.8) is 0 Å². The Morgan fingerprint density at radius 2 is 0.980 bits per heavy atom. The minimum absolute atomic E-state index is 0. The summed E-state index contributed by atoms with van der Waals surface area (Å²) in [6.07, 6.45) is 7.46. The number of fused-ring (bicyclic) bond motifs is 3. The molecule has 0 unspecified atom stereocenters. The molecule has 0 radical (unpaired) electrons. The number of pyridine rings is 2. The third-order valence-corrected chi connectivity index (χ3v) is 9.93. The zero-order valence-electron chi connectivity index (χ0n) is 27.7. The van der Waals surface area contributed by atoms with Crippen molar-refractivity contribution in [3.05, 3.63) is 152 Å². The molecule has 0 amide bonds. The summed E-state index contributed by atoms with van der Waals surface area (Å²) in [6, 6.07) is 47.1. The van der Waals surface area contributed by atoms with E-state index in [2.05, 4.69) is 96.0 Å². The molecule has 0 atom stereocenters. The van der Waals surface area contributed by atoms with Gasteiger partial charge in [0.25, 0.3) is 0 Å². The van der Waals surface area contributed by atoms with Crippen LogP contribution in [0.2, 0.25) is 0 Å². The van der Waals surface area contributed by atoms with Crippen molar-refractivity contribution in [2.45, 2.75) is 45.8 Å². The Kier molecular flexibility index (Phi) is 11.4. The van der Waals surface area contributed by atoms with Crippen LogP contribution in [0.25, 0.3) is 50.3 Å². The van der Waals surface area contributed by atoms with Crippen LogP contribution < -0.4 is 0 Å². The van der Waals surface area contributed by atoms with Crippen LogP contribution in [0.5, 0.6) is 0 Å². The van der Waals surface area contributed by atoms with Gasteiger partial charge in [-0.05, 0) is 34.5 Å². The van der Waals surface area contributed by atoms with Gasteiger partial charge in [0.2, 0.25) is 5.95 Å². The number of hydrogen-bond donors (Lipinski definition) is 0. The number of nitrogens with zero attached hydrogens (tertiary/aromatic N) is 5. The van der Waals surface area contributed by atoms with Crippen LogP contribution in [0, 0.1) is 24.3 Å². The van der Waals surface area contributed by atoms with Crippen molar-refractivity contribution in [1.82, 2.24) is 24.5 Å². The first kappa shape index (κ1) is 36.9. The molecule has 0 bridgehead atoms. The smallest absolute Gasteiger partial charge is 0.328 e. The maximum Gasteiger partial charge on any atom is 2.00 e. The van der Waals surface area contributed by atoms with Gasteiger partial charge in [-0.15, -0.1) is 105 Å². The van der Waals surface area contributed by atoms with Crippen LogP contribution in [0.3, 0.4) is 0 Å². The van der Waals surface area contributed by atoms with Crippen molar-refractivity contribution < 1.29 is 40.8 Å². The molecule has 8 aromatic rings. The third-order valence-electron chi connectivity index (χ3n) is 8.10. The summed E-state index contributed by atoms with van der Waals surface area (Å²) in [6.45, 7) is 6.50. The van der Waals surface area contributed by atoms with Gasteiger partial charge in [-0.2, -0.15) is 35.0 Å². The van der Waals surface area contributed by atoms with Gasteiger partial charge in [-0.3, -0.25) is 0 Å². The van der Waals surface area contributed by atoms with Gasteiger partial charge >= 0.3 is 40.8 Å². The van der Waals surface area contributed by atoms with Gasteiger partial charge < -0.3 is 14.5 Å². The second-order valence-electron chi connectivity index (χ2n) is 12.5. The zero-order valence-corrected chi connectivity index (χ0v) is 32.5. The Morgan fingerprint density at radius 3 is 1.41 bits per heavy atom. The molecule has 254 valence electrons. The fourth-order valence-electron chi connectivity index (χ4n) is 5.56. The van der Waals surface area contributed by atoms with Crippen LogP contribution in [0.4, 0.5) is 0 Å². The van der Waals surface area contributed by atoms with Crippen molar-refractivity contribution in [2.75, 3.05) is 0 Å². The molecular weight excluding hydrogens is 851 g/mol.